The van der Waals surface area contributed by atoms with E-state index in [1.165, 1.54) is 12.1 Å². The summed E-state index contributed by atoms with van der Waals surface area (Å²) in [4.78, 5) is 0. The Kier molecular flexibility index (Phi) is 5.57. The number of benzene rings is 1. The molecule has 1 fully saturated rings. The van der Waals surface area contributed by atoms with Crippen LogP contribution in [0.5, 0.6) is 5.75 Å². The van der Waals surface area contributed by atoms with Crippen molar-refractivity contribution >= 4 is 12.6 Å². The van der Waals surface area contributed by atoms with Crippen LogP contribution in [0.3, 0.4) is 0 Å². The summed E-state index contributed by atoms with van der Waals surface area (Å²) in [6, 6.07) is 2.36. The van der Waals surface area contributed by atoms with Crippen molar-refractivity contribution in [2.45, 2.75) is 64.8 Å². The van der Waals surface area contributed by atoms with Gasteiger partial charge in [0.25, 0.3) is 0 Å². The molecule has 0 aromatic heterocycles. The zero-order chi connectivity index (χ0) is 18.1. The molecule has 0 bridgehead atoms. The van der Waals surface area contributed by atoms with Crippen LogP contribution in [-0.2, 0) is 9.31 Å². The Morgan fingerprint density at radius 1 is 1.12 bits per heavy atom. The van der Waals surface area contributed by atoms with Crippen molar-refractivity contribution in [1.29, 1.82) is 0 Å². The summed E-state index contributed by atoms with van der Waals surface area (Å²) in [6.45, 7) is 9.22. The highest BCUT2D eigenvalue weighted by Gasteiger charge is 2.52. The van der Waals surface area contributed by atoms with Crippen LogP contribution in [-0.4, -0.2) is 36.1 Å². The highest BCUT2D eigenvalue weighted by Crippen LogP contribution is 2.37. The molecule has 1 aliphatic rings. The summed E-state index contributed by atoms with van der Waals surface area (Å²) in [5.41, 5.74) is -0.893. The predicted molar refractivity (Wildman–Crippen MR) is 88.5 cm³/mol. The lowest BCUT2D eigenvalue weighted by Crippen LogP contribution is -2.41. The first-order valence-corrected chi connectivity index (χ1v) is 8.19. The van der Waals surface area contributed by atoms with Crippen LogP contribution in [0.15, 0.2) is 12.1 Å². The molecule has 1 N–H and O–H groups in total. The summed E-state index contributed by atoms with van der Waals surface area (Å²) >= 11 is 0. The summed E-state index contributed by atoms with van der Waals surface area (Å²) in [5, 5.41) is 8.80. The molecule has 1 atom stereocenters. The van der Waals surface area contributed by atoms with Crippen molar-refractivity contribution in [3.8, 4) is 5.75 Å². The number of rotatable bonds is 6. The number of aliphatic hydroxyl groups is 1. The number of ether oxygens (including phenoxy) is 1. The minimum absolute atomic E-state index is 0.0134. The van der Waals surface area contributed by atoms with E-state index in [0.29, 0.717) is 12.8 Å². The van der Waals surface area contributed by atoms with E-state index in [0.717, 1.165) is 0 Å². The fourth-order valence-electron chi connectivity index (χ4n) is 2.45. The van der Waals surface area contributed by atoms with Gasteiger partial charge in [-0.05, 0) is 65.1 Å². The molecule has 134 valence electrons. The number of hydrogen-bond acceptors (Lipinski definition) is 4. The van der Waals surface area contributed by atoms with E-state index >= 15 is 0 Å². The van der Waals surface area contributed by atoms with Crippen molar-refractivity contribution in [1.82, 2.24) is 0 Å². The first-order valence-electron chi connectivity index (χ1n) is 8.19. The maximum atomic E-state index is 14.3. The van der Waals surface area contributed by atoms with Crippen LogP contribution in [0.25, 0.3) is 0 Å². The molecule has 0 unspecified atom stereocenters. The zero-order valence-corrected chi connectivity index (χ0v) is 14.9. The first-order chi connectivity index (χ1) is 11.1. The molecule has 4 nitrogen and oxygen atoms in total. The molecule has 0 aliphatic carbocycles. The summed E-state index contributed by atoms with van der Waals surface area (Å²) in [7, 11) is -0.833. The minimum atomic E-state index is -0.833. The lowest BCUT2D eigenvalue weighted by atomic mass is 9.79. The fourth-order valence-corrected chi connectivity index (χ4v) is 2.45. The van der Waals surface area contributed by atoms with E-state index in [2.05, 4.69) is 0 Å². The van der Waals surface area contributed by atoms with E-state index in [9.17, 15) is 8.78 Å². The molecule has 0 radical (unpaired) electrons. The van der Waals surface area contributed by atoms with Gasteiger partial charge in [0, 0.05) is 6.61 Å². The van der Waals surface area contributed by atoms with Crippen molar-refractivity contribution in [2.75, 3.05) is 6.61 Å². The van der Waals surface area contributed by atoms with Crippen LogP contribution >= 0.6 is 0 Å². The molecule has 0 spiro atoms. The van der Waals surface area contributed by atoms with Gasteiger partial charge < -0.3 is 19.2 Å². The molecule has 24 heavy (non-hydrogen) atoms. The predicted octanol–water partition coefficient (Wildman–Crippen LogP) is 2.80. The molecular formula is C17H25BF2O4. The van der Waals surface area contributed by atoms with E-state index in [1.54, 1.807) is 6.92 Å². The smallest absolute Gasteiger partial charge is 0.485 e. The Balaban J connectivity index is 2.18. The second-order valence-electron chi connectivity index (χ2n) is 7.20. The Labute approximate surface area is 142 Å². The minimum Gasteiger partial charge on any atom is -0.485 e. The largest absolute Gasteiger partial charge is 0.495 e. The molecule has 7 heteroatoms. The van der Waals surface area contributed by atoms with Gasteiger partial charge in [0.2, 0.25) is 0 Å². The molecular weight excluding hydrogens is 317 g/mol. The van der Waals surface area contributed by atoms with Gasteiger partial charge in [-0.3, -0.25) is 0 Å². The maximum absolute atomic E-state index is 14.3. The summed E-state index contributed by atoms with van der Waals surface area (Å²) < 4.78 is 45.6. The summed E-state index contributed by atoms with van der Waals surface area (Å²) in [6.07, 6.45) is 0.619. The average Bonchev–Trinajstić information content (AvgIpc) is 2.69. The Morgan fingerprint density at radius 2 is 1.62 bits per heavy atom. The SMILES string of the molecule is C[C@@H](CCCO)Oc1c(F)cc(B2OC(C)(C)C(C)(C)O2)cc1F. The second-order valence-corrected chi connectivity index (χ2v) is 7.20. The summed E-state index contributed by atoms with van der Waals surface area (Å²) in [5.74, 6) is -2.01. The third kappa shape index (κ3) is 3.90. The quantitative estimate of drug-likeness (QED) is 0.808. The Hall–Kier alpha value is -1.18. The number of aliphatic hydroxyl groups excluding tert-OH is 1. The topological polar surface area (TPSA) is 47.9 Å². The molecule has 1 aliphatic heterocycles. The van der Waals surface area contributed by atoms with Gasteiger partial charge in [0.1, 0.15) is 0 Å². The van der Waals surface area contributed by atoms with Crippen LogP contribution < -0.4 is 10.2 Å². The average molecular weight is 342 g/mol. The standard InChI is InChI=1S/C17H25BF2O4/c1-11(7-6-8-21)22-15-13(19)9-12(10-14(15)20)18-23-16(2,3)17(4,5)24-18/h9-11,21H,6-8H2,1-5H3/t11-/m0/s1. The van der Waals surface area contributed by atoms with Crippen molar-refractivity contribution < 1.29 is 27.9 Å². The van der Waals surface area contributed by atoms with Crippen LogP contribution in [0.4, 0.5) is 8.78 Å². The molecule has 1 aromatic carbocycles. The third-order valence-electron chi connectivity index (χ3n) is 4.63. The van der Waals surface area contributed by atoms with Gasteiger partial charge in [-0.25, -0.2) is 8.78 Å². The molecule has 0 saturated carbocycles. The second kappa shape index (κ2) is 6.98. The van der Waals surface area contributed by atoms with Gasteiger partial charge in [-0.2, -0.15) is 0 Å². The highest BCUT2D eigenvalue weighted by molar-refractivity contribution is 6.62. The Bertz CT molecular complexity index is 553. The van der Waals surface area contributed by atoms with E-state index in [1.807, 2.05) is 27.7 Å². The van der Waals surface area contributed by atoms with E-state index < -0.39 is 41.8 Å². The number of hydrogen-bond donors (Lipinski definition) is 1. The van der Waals surface area contributed by atoms with Crippen LogP contribution in [0.2, 0.25) is 0 Å². The van der Waals surface area contributed by atoms with Gasteiger partial charge in [0.15, 0.2) is 17.4 Å². The van der Waals surface area contributed by atoms with Crippen LogP contribution in [0, 0.1) is 11.6 Å². The number of halogens is 2. The molecule has 1 aromatic rings. The van der Waals surface area contributed by atoms with Crippen molar-refractivity contribution in [3.05, 3.63) is 23.8 Å². The maximum Gasteiger partial charge on any atom is 0.495 e. The molecule has 1 heterocycles. The monoisotopic (exact) mass is 342 g/mol. The Morgan fingerprint density at radius 3 is 2.08 bits per heavy atom. The van der Waals surface area contributed by atoms with E-state index in [-0.39, 0.29) is 12.1 Å². The molecule has 2 rings (SSSR count). The van der Waals surface area contributed by atoms with E-state index in [4.69, 9.17) is 19.2 Å². The fraction of sp³-hybridized carbons (Fsp3) is 0.647. The lowest BCUT2D eigenvalue weighted by molar-refractivity contribution is 0.00578. The highest BCUT2D eigenvalue weighted by atomic mass is 19.1. The first kappa shape index (κ1) is 19.2. The zero-order valence-electron chi connectivity index (χ0n) is 14.9. The van der Waals surface area contributed by atoms with Crippen molar-refractivity contribution in [3.63, 3.8) is 0 Å². The van der Waals surface area contributed by atoms with Gasteiger partial charge in [-0.15, -0.1) is 0 Å². The lowest BCUT2D eigenvalue weighted by Gasteiger charge is -2.32. The molecule has 0 amide bonds. The molecule has 1 saturated heterocycles. The van der Waals surface area contributed by atoms with Gasteiger partial charge in [0.05, 0.1) is 17.3 Å². The van der Waals surface area contributed by atoms with Gasteiger partial charge in [-0.1, -0.05) is 0 Å². The third-order valence-corrected chi connectivity index (χ3v) is 4.63. The van der Waals surface area contributed by atoms with Crippen LogP contribution in [0.1, 0.15) is 47.5 Å². The van der Waals surface area contributed by atoms with Gasteiger partial charge >= 0.3 is 7.12 Å². The van der Waals surface area contributed by atoms with Crippen molar-refractivity contribution in [2.24, 2.45) is 0 Å². The normalized spacial score (nSPS) is 20.2.